The minimum Gasteiger partial charge on any atom is -0.370 e. The van der Waals surface area contributed by atoms with Gasteiger partial charge < -0.3 is 11.1 Å². The van der Waals surface area contributed by atoms with Crippen molar-refractivity contribution >= 4 is 5.91 Å². The summed E-state index contributed by atoms with van der Waals surface area (Å²) in [4.78, 5) is 10.3. The van der Waals surface area contributed by atoms with E-state index in [0.717, 1.165) is 0 Å². The Morgan fingerprint density at radius 3 is 2.90 bits per heavy atom. The minimum absolute atomic E-state index is 0.149. The van der Waals surface area contributed by atoms with Crippen LogP contribution in [0.3, 0.4) is 0 Å². The van der Waals surface area contributed by atoms with Gasteiger partial charge in [0.15, 0.2) is 0 Å². The van der Waals surface area contributed by atoms with Crippen molar-refractivity contribution in [1.29, 1.82) is 0 Å². The molecule has 0 aromatic rings. The van der Waals surface area contributed by atoms with Crippen molar-refractivity contribution in [3.05, 3.63) is 12.7 Å². The van der Waals surface area contributed by atoms with Crippen LogP contribution in [0.4, 0.5) is 0 Å². The average Bonchev–Trinajstić information content (AvgIpc) is 1.82. The van der Waals surface area contributed by atoms with E-state index >= 15 is 0 Å². The van der Waals surface area contributed by atoms with Crippen LogP contribution in [0.1, 0.15) is 13.3 Å². The minimum atomic E-state index is -0.274. The summed E-state index contributed by atoms with van der Waals surface area (Å²) in [5, 5.41) is 3.04. The number of primary amides is 1. The van der Waals surface area contributed by atoms with E-state index in [4.69, 9.17) is 5.73 Å². The first kappa shape index (κ1) is 9.17. The number of hydrogen-bond acceptors (Lipinski definition) is 2. The molecule has 1 amide bonds. The van der Waals surface area contributed by atoms with Crippen LogP contribution in [0.25, 0.3) is 0 Å². The highest BCUT2D eigenvalue weighted by atomic mass is 16.1. The highest BCUT2D eigenvalue weighted by molar-refractivity contribution is 5.74. The molecule has 0 aliphatic rings. The first-order valence-electron chi connectivity index (χ1n) is 3.29. The first-order valence-corrected chi connectivity index (χ1v) is 3.29. The fourth-order valence-electron chi connectivity index (χ4n) is 0.658. The number of nitrogens with two attached hydrogens (primary N) is 1. The summed E-state index contributed by atoms with van der Waals surface area (Å²) in [5.74, 6) is -0.274. The Hall–Kier alpha value is -0.830. The number of carbonyl (C=O) groups is 1. The van der Waals surface area contributed by atoms with Crippen molar-refractivity contribution in [2.75, 3.05) is 6.54 Å². The monoisotopic (exact) mass is 142 g/mol. The van der Waals surface area contributed by atoms with Gasteiger partial charge in [0.1, 0.15) is 0 Å². The molecule has 0 aromatic carbocycles. The van der Waals surface area contributed by atoms with Crippen LogP contribution in [0.2, 0.25) is 0 Å². The second kappa shape index (κ2) is 4.99. The molecule has 10 heavy (non-hydrogen) atoms. The van der Waals surface area contributed by atoms with Gasteiger partial charge in [-0.2, -0.15) is 0 Å². The lowest BCUT2D eigenvalue weighted by atomic mass is 10.2. The molecule has 0 saturated carbocycles. The first-order chi connectivity index (χ1) is 4.66. The summed E-state index contributed by atoms with van der Waals surface area (Å²) in [7, 11) is 0. The zero-order valence-electron chi connectivity index (χ0n) is 6.26. The molecular weight excluding hydrogens is 128 g/mol. The molecule has 0 rings (SSSR count). The van der Waals surface area contributed by atoms with Gasteiger partial charge in [0.25, 0.3) is 0 Å². The predicted octanol–water partition coefficient (Wildman–Crippen LogP) is 0.0259. The molecule has 0 aromatic heterocycles. The second-order valence-electron chi connectivity index (χ2n) is 2.27. The Bertz CT molecular complexity index is 123. The van der Waals surface area contributed by atoms with E-state index < -0.39 is 0 Å². The molecule has 3 heteroatoms. The van der Waals surface area contributed by atoms with Gasteiger partial charge in [-0.25, -0.2) is 0 Å². The third-order valence-corrected chi connectivity index (χ3v) is 1.12. The number of amides is 1. The zero-order valence-corrected chi connectivity index (χ0v) is 6.26. The van der Waals surface area contributed by atoms with Gasteiger partial charge in [-0.15, -0.1) is 6.58 Å². The van der Waals surface area contributed by atoms with Crippen LogP contribution in [-0.4, -0.2) is 18.5 Å². The molecular formula is C7H14N2O. The SMILES string of the molecule is C=CCNC(C)CC(N)=O. The Kier molecular flexibility index (Phi) is 4.58. The largest absolute Gasteiger partial charge is 0.370 e. The standard InChI is InChI=1S/C7H14N2O/c1-3-4-9-6(2)5-7(8)10/h3,6,9H,1,4-5H2,2H3,(H2,8,10). The van der Waals surface area contributed by atoms with E-state index in [2.05, 4.69) is 11.9 Å². The molecule has 0 bridgehead atoms. The van der Waals surface area contributed by atoms with Crippen molar-refractivity contribution in [2.24, 2.45) is 5.73 Å². The number of nitrogens with one attached hydrogen (secondary N) is 1. The number of carbonyl (C=O) groups excluding carboxylic acids is 1. The van der Waals surface area contributed by atoms with Crippen molar-refractivity contribution in [2.45, 2.75) is 19.4 Å². The van der Waals surface area contributed by atoms with Crippen LogP contribution in [0, 0.1) is 0 Å². The maximum absolute atomic E-state index is 10.3. The van der Waals surface area contributed by atoms with Crippen LogP contribution < -0.4 is 11.1 Å². The van der Waals surface area contributed by atoms with Gasteiger partial charge in [-0.05, 0) is 6.92 Å². The molecule has 0 fully saturated rings. The average molecular weight is 142 g/mol. The summed E-state index contributed by atoms with van der Waals surface area (Å²) in [6.45, 7) is 6.16. The zero-order chi connectivity index (χ0) is 7.98. The molecule has 3 nitrogen and oxygen atoms in total. The molecule has 0 radical (unpaired) electrons. The maximum atomic E-state index is 10.3. The summed E-state index contributed by atoms with van der Waals surface area (Å²) in [5.41, 5.74) is 4.96. The van der Waals surface area contributed by atoms with E-state index in [0.29, 0.717) is 13.0 Å². The highest BCUT2D eigenvalue weighted by Crippen LogP contribution is 1.86. The molecule has 1 atom stereocenters. The highest BCUT2D eigenvalue weighted by Gasteiger charge is 2.02. The fraction of sp³-hybridized carbons (Fsp3) is 0.571. The van der Waals surface area contributed by atoms with Gasteiger partial charge in [0.05, 0.1) is 0 Å². The van der Waals surface area contributed by atoms with Crippen LogP contribution in [-0.2, 0) is 4.79 Å². The van der Waals surface area contributed by atoms with Crippen LogP contribution >= 0.6 is 0 Å². The quantitative estimate of drug-likeness (QED) is 0.532. The molecule has 58 valence electrons. The van der Waals surface area contributed by atoms with Gasteiger partial charge in [0.2, 0.25) is 5.91 Å². The Morgan fingerprint density at radius 2 is 2.50 bits per heavy atom. The smallest absolute Gasteiger partial charge is 0.218 e. The van der Waals surface area contributed by atoms with Crippen molar-refractivity contribution < 1.29 is 4.79 Å². The fourth-order valence-corrected chi connectivity index (χ4v) is 0.658. The number of hydrogen-bond donors (Lipinski definition) is 2. The van der Waals surface area contributed by atoms with Crippen molar-refractivity contribution in [3.63, 3.8) is 0 Å². The Morgan fingerprint density at radius 1 is 1.90 bits per heavy atom. The maximum Gasteiger partial charge on any atom is 0.218 e. The molecule has 0 aliphatic carbocycles. The van der Waals surface area contributed by atoms with Crippen molar-refractivity contribution in [1.82, 2.24) is 5.32 Å². The Labute approximate surface area is 61.3 Å². The van der Waals surface area contributed by atoms with E-state index in [1.165, 1.54) is 0 Å². The Balaban J connectivity index is 3.33. The molecule has 0 saturated heterocycles. The van der Waals surface area contributed by atoms with Gasteiger partial charge in [0, 0.05) is 19.0 Å². The van der Waals surface area contributed by atoms with E-state index in [-0.39, 0.29) is 11.9 Å². The lowest BCUT2D eigenvalue weighted by molar-refractivity contribution is -0.118. The number of rotatable bonds is 5. The van der Waals surface area contributed by atoms with Gasteiger partial charge >= 0.3 is 0 Å². The normalized spacial score (nSPS) is 12.5. The summed E-state index contributed by atoms with van der Waals surface area (Å²) in [6, 6.07) is 0.149. The van der Waals surface area contributed by atoms with E-state index in [1.54, 1.807) is 6.08 Å². The third-order valence-electron chi connectivity index (χ3n) is 1.12. The lowest BCUT2D eigenvalue weighted by Gasteiger charge is -2.08. The van der Waals surface area contributed by atoms with Gasteiger partial charge in [-0.1, -0.05) is 6.08 Å². The predicted molar refractivity (Wildman–Crippen MR) is 41.5 cm³/mol. The molecule has 0 aliphatic heterocycles. The van der Waals surface area contributed by atoms with E-state index in [9.17, 15) is 4.79 Å². The lowest BCUT2D eigenvalue weighted by Crippen LogP contribution is -2.30. The molecule has 0 spiro atoms. The summed E-state index contributed by atoms with van der Waals surface area (Å²) < 4.78 is 0. The topological polar surface area (TPSA) is 55.1 Å². The third kappa shape index (κ3) is 5.31. The molecule has 1 unspecified atom stereocenters. The summed E-state index contributed by atoms with van der Waals surface area (Å²) in [6.07, 6.45) is 2.13. The molecule has 0 heterocycles. The summed E-state index contributed by atoms with van der Waals surface area (Å²) >= 11 is 0. The van der Waals surface area contributed by atoms with E-state index in [1.807, 2.05) is 6.92 Å². The second-order valence-corrected chi connectivity index (χ2v) is 2.27. The van der Waals surface area contributed by atoms with Crippen LogP contribution in [0.5, 0.6) is 0 Å². The van der Waals surface area contributed by atoms with Crippen molar-refractivity contribution in [3.8, 4) is 0 Å². The van der Waals surface area contributed by atoms with Crippen LogP contribution in [0.15, 0.2) is 12.7 Å². The van der Waals surface area contributed by atoms with Gasteiger partial charge in [-0.3, -0.25) is 4.79 Å². The molecule has 3 N–H and O–H groups in total.